The van der Waals surface area contributed by atoms with Crippen LogP contribution in [-0.2, 0) is 5.41 Å². The first kappa shape index (κ1) is 12.6. The number of rotatable bonds is 7. The van der Waals surface area contributed by atoms with E-state index in [-0.39, 0.29) is 0 Å². The minimum Gasteiger partial charge on any atom is -0.316 e. The molecule has 2 heteroatoms. The molecule has 0 radical (unpaired) electrons. The predicted octanol–water partition coefficient (Wildman–Crippen LogP) is 2.26. The smallest absolute Gasteiger partial charge is 0.0104 e. The van der Waals surface area contributed by atoms with E-state index >= 15 is 0 Å². The van der Waals surface area contributed by atoms with Gasteiger partial charge in [0.05, 0.1) is 0 Å². The van der Waals surface area contributed by atoms with Gasteiger partial charge in [-0.2, -0.15) is 0 Å². The first-order chi connectivity index (χ1) is 8.27. The van der Waals surface area contributed by atoms with Crippen LogP contribution in [0, 0.1) is 0 Å². The maximum atomic E-state index is 3.38. The molecule has 94 valence electrons. The fourth-order valence-electron chi connectivity index (χ4n) is 2.52. The SMILES string of the molecule is CCNCCN(C)CC1(c2ccccc2)CC1. The van der Waals surface area contributed by atoms with E-state index < -0.39 is 0 Å². The second kappa shape index (κ2) is 5.65. The second-order valence-corrected chi connectivity index (χ2v) is 5.24. The van der Waals surface area contributed by atoms with Crippen LogP contribution < -0.4 is 5.32 Å². The summed E-state index contributed by atoms with van der Waals surface area (Å²) in [6, 6.07) is 11.0. The van der Waals surface area contributed by atoms with Gasteiger partial charge in [0, 0.05) is 25.0 Å². The van der Waals surface area contributed by atoms with Crippen LogP contribution in [-0.4, -0.2) is 38.1 Å². The summed E-state index contributed by atoms with van der Waals surface area (Å²) in [6.45, 7) is 6.66. The normalized spacial score (nSPS) is 17.4. The lowest BCUT2D eigenvalue weighted by molar-refractivity contribution is 0.301. The average Bonchev–Trinajstić information content (AvgIpc) is 3.12. The minimum atomic E-state index is 0.461. The Bertz CT molecular complexity index is 330. The molecule has 0 unspecified atom stereocenters. The Labute approximate surface area is 105 Å². The molecule has 1 aromatic carbocycles. The van der Waals surface area contributed by atoms with Crippen molar-refractivity contribution in [1.29, 1.82) is 0 Å². The summed E-state index contributed by atoms with van der Waals surface area (Å²) < 4.78 is 0. The van der Waals surface area contributed by atoms with Crippen LogP contribution in [0.1, 0.15) is 25.3 Å². The molecule has 1 aliphatic carbocycles. The molecule has 1 aromatic rings. The molecule has 1 aliphatic rings. The Morgan fingerprint density at radius 2 is 1.94 bits per heavy atom. The average molecular weight is 232 g/mol. The van der Waals surface area contributed by atoms with Crippen molar-refractivity contribution in [2.24, 2.45) is 0 Å². The van der Waals surface area contributed by atoms with E-state index in [1.165, 1.54) is 24.9 Å². The number of likely N-dealkylation sites (N-methyl/N-ethyl adjacent to an activating group) is 2. The van der Waals surface area contributed by atoms with E-state index in [9.17, 15) is 0 Å². The molecule has 0 atom stereocenters. The summed E-state index contributed by atoms with van der Waals surface area (Å²) >= 11 is 0. The number of hydrogen-bond donors (Lipinski definition) is 1. The van der Waals surface area contributed by atoms with Gasteiger partial charge in [0.2, 0.25) is 0 Å². The lowest BCUT2D eigenvalue weighted by Gasteiger charge is -2.24. The maximum absolute atomic E-state index is 3.38. The van der Waals surface area contributed by atoms with Gasteiger partial charge in [-0.25, -0.2) is 0 Å². The van der Waals surface area contributed by atoms with Crippen molar-refractivity contribution in [3.63, 3.8) is 0 Å². The molecule has 1 saturated carbocycles. The number of nitrogens with one attached hydrogen (secondary N) is 1. The Morgan fingerprint density at radius 3 is 2.53 bits per heavy atom. The van der Waals surface area contributed by atoms with Crippen LogP contribution in [0.5, 0.6) is 0 Å². The summed E-state index contributed by atoms with van der Waals surface area (Å²) in [5, 5.41) is 3.38. The Morgan fingerprint density at radius 1 is 1.24 bits per heavy atom. The van der Waals surface area contributed by atoms with Gasteiger partial charge in [0.1, 0.15) is 0 Å². The second-order valence-electron chi connectivity index (χ2n) is 5.24. The number of hydrogen-bond acceptors (Lipinski definition) is 2. The van der Waals surface area contributed by atoms with E-state index in [4.69, 9.17) is 0 Å². The summed E-state index contributed by atoms with van der Waals surface area (Å²) in [7, 11) is 2.24. The van der Waals surface area contributed by atoms with Gasteiger partial charge in [0.25, 0.3) is 0 Å². The van der Waals surface area contributed by atoms with Gasteiger partial charge in [0.15, 0.2) is 0 Å². The molecule has 0 aromatic heterocycles. The molecule has 0 amide bonds. The lowest BCUT2D eigenvalue weighted by Crippen LogP contribution is -2.34. The molecule has 0 heterocycles. The highest BCUT2D eigenvalue weighted by atomic mass is 15.1. The largest absolute Gasteiger partial charge is 0.316 e. The number of nitrogens with zero attached hydrogens (tertiary/aromatic N) is 1. The Balaban J connectivity index is 1.86. The zero-order valence-corrected chi connectivity index (χ0v) is 11.1. The van der Waals surface area contributed by atoms with E-state index in [2.05, 4.69) is 54.5 Å². The van der Waals surface area contributed by atoms with Crippen molar-refractivity contribution in [2.45, 2.75) is 25.2 Å². The summed E-state index contributed by atoms with van der Waals surface area (Å²) in [6.07, 6.45) is 2.70. The maximum Gasteiger partial charge on any atom is 0.0104 e. The Kier molecular flexibility index (Phi) is 4.19. The van der Waals surface area contributed by atoms with Gasteiger partial charge in [-0.1, -0.05) is 37.3 Å². The van der Waals surface area contributed by atoms with Crippen LogP contribution in [0.4, 0.5) is 0 Å². The van der Waals surface area contributed by atoms with E-state index in [0.717, 1.165) is 19.6 Å². The molecule has 1 N–H and O–H groups in total. The van der Waals surface area contributed by atoms with Crippen molar-refractivity contribution in [3.05, 3.63) is 35.9 Å². The van der Waals surface area contributed by atoms with E-state index in [0.29, 0.717) is 5.41 Å². The lowest BCUT2D eigenvalue weighted by atomic mass is 9.95. The van der Waals surface area contributed by atoms with Crippen LogP contribution in [0.2, 0.25) is 0 Å². The molecule has 0 saturated heterocycles. The standard InChI is InChI=1S/C15H24N2/c1-3-16-11-12-17(2)13-15(9-10-15)14-7-5-4-6-8-14/h4-8,16H,3,9-13H2,1-2H3. The van der Waals surface area contributed by atoms with Gasteiger partial charge < -0.3 is 10.2 Å². The van der Waals surface area contributed by atoms with Crippen molar-refractivity contribution in [3.8, 4) is 0 Å². The molecular formula is C15H24N2. The molecule has 0 aliphatic heterocycles. The zero-order chi connectivity index (χ0) is 12.1. The van der Waals surface area contributed by atoms with Crippen LogP contribution in [0.15, 0.2) is 30.3 Å². The fraction of sp³-hybridized carbons (Fsp3) is 0.600. The third-order valence-corrected chi connectivity index (χ3v) is 3.73. The van der Waals surface area contributed by atoms with Gasteiger partial charge >= 0.3 is 0 Å². The molecule has 2 rings (SSSR count). The highest BCUT2D eigenvalue weighted by molar-refractivity contribution is 5.31. The van der Waals surface area contributed by atoms with Crippen molar-refractivity contribution < 1.29 is 0 Å². The highest BCUT2D eigenvalue weighted by Gasteiger charge is 2.44. The predicted molar refractivity (Wildman–Crippen MR) is 73.4 cm³/mol. The molecule has 0 spiro atoms. The third-order valence-electron chi connectivity index (χ3n) is 3.73. The molecular weight excluding hydrogens is 208 g/mol. The first-order valence-corrected chi connectivity index (χ1v) is 6.72. The van der Waals surface area contributed by atoms with Crippen molar-refractivity contribution >= 4 is 0 Å². The van der Waals surface area contributed by atoms with E-state index in [1.807, 2.05) is 0 Å². The molecule has 0 bridgehead atoms. The van der Waals surface area contributed by atoms with Gasteiger partial charge in [-0.15, -0.1) is 0 Å². The quantitative estimate of drug-likeness (QED) is 0.725. The topological polar surface area (TPSA) is 15.3 Å². The summed E-state index contributed by atoms with van der Waals surface area (Å²) in [4.78, 5) is 2.46. The molecule has 17 heavy (non-hydrogen) atoms. The summed E-state index contributed by atoms with van der Waals surface area (Å²) in [5.74, 6) is 0. The highest BCUT2D eigenvalue weighted by Crippen LogP contribution is 2.48. The fourth-order valence-corrected chi connectivity index (χ4v) is 2.52. The van der Waals surface area contributed by atoms with Gasteiger partial charge in [-0.05, 0) is 32.0 Å². The minimum absolute atomic E-state index is 0.461. The Hall–Kier alpha value is -0.860. The zero-order valence-electron chi connectivity index (χ0n) is 11.1. The van der Waals surface area contributed by atoms with Crippen molar-refractivity contribution in [2.75, 3.05) is 33.2 Å². The van der Waals surface area contributed by atoms with E-state index in [1.54, 1.807) is 0 Å². The summed E-state index contributed by atoms with van der Waals surface area (Å²) in [5.41, 5.74) is 1.98. The van der Waals surface area contributed by atoms with Crippen LogP contribution in [0.3, 0.4) is 0 Å². The van der Waals surface area contributed by atoms with Gasteiger partial charge in [-0.3, -0.25) is 0 Å². The monoisotopic (exact) mass is 232 g/mol. The first-order valence-electron chi connectivity index (χ1n) is 6.72. The molecule has 1 fully saturated rings. The van der Waals surface area contributed by atoms with Crippen LogP contribution in [0.25, 0.3) is 0 Å². The van der Waals surface area contributed by atoms with Crippen molar-refractivity contribution in [1.82, 2.24) is 10.2 Å². The van der Waals surface area contributed by atoms with Crippen LogP contribution >= 0.6 is 0 Å². The molecule has 2 nitrogen and oxygen atoms in total. The number of benzene rings is 1. The third kappa shape index (κ3) is 3.30.